The highest BCUT2D eigenvalue weighted by Crippen LogP contribution is 2.20. The summed E-state index contributed by atoms with van der Waals surface area (Å²) in [5.74, 6) is -1.58. The highest BCUT2D eigenvalue weighted by molar-refractivity contribution is 6.34. The molecule has 0 heterocycles. The lowest BCUT2D eigenvalue weighted by molar-refractivity contribution is -0.116. The van der Waals surface area contributed by atoms with Crippen LogP contribution in [-0.2, 0) is 4.79 Å². The van der Waals surface area contributed by atoms with Crippen molar-refractivity contribution in [3.8, 4) is 0 Å². The summed E-state index contributed by atoms with van der Waals surface area (Å²) >= 11 is 5.64. The molecule has 74 valence electrons. The molecule has 0 aliphatic heterocycles. The Morgan fingerprint density at radius 2 is 2.07 bits per heavy atom. The average molecular weight is 215 g/mol. The number of benzene rings is 1. The molecule has 0 unspecified atom stereocenters. The Morgan fingerprint density at radius 1 is 1.43 bits per heavy atom. The van der Waals surface area contributed by atoms with E-state index in [1.54, 1.807) is 0 Å². The van der Waals surface area contributed by atoms with Gasteiger partial charge in [0.15, 0.2) is 5.78 Å². The second-order valence-electron chi connectivity index (χ2n) is 2.90. The van der Waals surface area contributed by atoms with E-state index in [-0.39, 0.29) is 22.8 Å². The molecular weight excluding hydrogens is 207 g/mol. The number of carbonyl (C=O) groups is 2. The number of hydrogen-bond acceptors (Lipinski definition) is 2. The van der Waals surface area contributed by atoms with E-state index in [9.17, 15) is 14.0 Å². The number of Topliss-reactive ketones (excluding diaryl/α,β-unsaturated/α-hetero) is 2. The first kappa shape index (κ1) is 10.9. The van der Waals surface area contributed by atoms with Gasteiger partial charge in [0.05, 0.1) is 17.0 Å². The van der Waals surface area contributed by atoms with Gasteiger partial charge in [-0.05, 0) is 19.1 Å². The smallest absolute Gasteiger partial charge is 0.174 e. The van der Waals surface area contributed by atoms with Crippen LogP contribution in [0.3, 0.4) is 0 Å². The lowest BCUT2D eigenvalue weighted by atomic mass is 10.1. The Bertz CT molecular complexity index is 367. The second-order valence-corrected chi connectivity index (χ2v) is 3.31. The molecule has 0 saturated carbocycles. The zero-order valence-corrected chi connectivity index (χ0v) is 8.27. The standard InChI is InChI=1S/C10H8ClFO2/c1-6(13)5-9(14)10-7(11)3-2-4-8(10)12/h2-4H,5H2,1H3. The molecule has 1 rings (SSSR count). The van der Waals surface area contributed by atoms with Crippen molar-refractivity contribution in [2.24, 2.45) is 0 Å². The van der Waals surface area contributed by atoms with Crippen LogP contribution < -0.4 is 0 Å². The molecule has 0 N–H and O–H groups in total. The molecule has 1 aromatic carbocycles. The van der Waals surface area contributed by atoms with Gasteiger partial charge in [-0.3, -0.25) is 9.59 Å². The van der Waals surface area contributed by atoms with Gasteiger partial charge in [0.25, 0.3) is 0 Å². The zero-order chi connectivity index (χ0) is 10.7. The van der Waals surface area contributed by atoms with E-state index >= 15 is 0 Å². The molecule has 14 heavy (non-hydrogen) atoms. The summed E-state index contributed by atoms with van der Waals surface area (Å²) in [5.41, 5.74) is -0.204. The van der Waals surface area contributed by atoms with Gasteiger partial charge >= 0.3 is 0 Å². The van der Waals surface area contributed by atoms with Gasteiger partial charge < -0.3 is 0 Å². The molecule has 1 aromatic rings. The van der Waals surface area contributed by atoms with Gasteiger partial charge in [-0.25, -0.2) is 4.39 Å². The van der Waals surface area contributed by atoms with Crippen LogP contribution in [0.25, 0.3) is 0 Å². The van der Waals surface area contributed by atoms with E-state index in [0.29, 0.717) is 0 Å². The van der Waals surface area contributed by atoms with Crippen LogP contribution in [0.1, 0.15) is 23.7 Å². The topological polar surface area (TPSA) is 34.1 Å². The Balaban J connectivity index is 3.06. The maximum absolute atomic E-state index is 13.1. The van der Waals surface area contributed by atoms with Gasteiger partial charge in [0.2, 0.25) is 0 Å². The normalized spacial score (nSPS) is 9.93. The quantitative estimate of drug-likeness (QED) is 0.573. The van der Waals surface area contributed by atoms with Crippen molar-refractivity contribution in [3.63, 3.8) is 0 Å². The van der Waals surface area contributed by atoms with Crippen molar-refractivity contribution < 1.29 is 14.0 Å². The van der Waals surface area contributed by atoms with Crippen LogP contribution in [0.2, 0.25) is 5.02 Å². The minimum absolute atomic E-state index is 0.0382. The van der Waals surface area contributed by atoms with E-state index in [1.165, 1.54) is 19.1 Å². The third-order valence-corrected chi connectivity index (χ3v) is 1.97. The lowest BCUT2D eigenvalue weighted by Gasteiger charge is -2.02. The fourth-order valence-corrected chi connectivity index (χ4v) is 1.35. The second kappa shape index (κ2) is 4.33. The summed E-state index contributed by atoms with van der Waals surface area (Å²) in [7, 11) is 0. The van der Waals surface area contributed by atoms with Crippen LogP contribution in [-0.4, -0.2) is 11.6 Å². The maximum atomic E-state index is 13.1. The molecule has 0 saturated heterocycles. The summed E-state index contributed by atoms with van der Waals surface area (Å²) in [6, 6.07) is 3.96. The maximum Gasteiger partial charge on any atom is 0.174 e. The van der Waals surface area contributed by atoms with Crippen molar-refractivity contribution in [2.45, 2.75) is 13.3 Å². The monoisotopic (exact) mass is 214 g/mol. The molecule has 0 aromatic heterocycles. The Labute approximate surface area is 85.7 Å². The molecule has 0 amide bonds. The van der Waals surface area contributed by atoms with E-state index < -0.39 is 11.6 Å². The Hall–Kier alpha value is -1.22. The molecular formula is C10H8ClFO2. The predicted octanol–water partition coefficient (Wildman–Crippen LogP) is 2.64. The van der Waals surface area contributed by atoms with Gasteiger partial charge in [-0.15, -0.1) is 0 Å². The van der Waals surface area contributed by atoms with Crippen LogP contribution in [0.15, 0.2) is 18.2 Å². The third kappa shape index (κ3) is 2.39. The number of carbonyl (C=O) groups excluding carboxylic acids is 2. The Kier molecular flexibility index (Phi) is 3.36. The minimum Gasteiger partial charge on any atom is -0.300 e. The van der Waals surface area contributed by atoms with Gasteiger partial charge in [-0.2, -0.15) is 0 Å². The summed E-state index contributed by atoms with van der Waals surface area (Å²) in [6.45, 7) is 1.27. The lowest BCUT2D eigenvalue weighted by Crippen LogP contribution is -2.07. The van der Waals surface area contributed by atoms with Crippen LogP contribution >= 0.6 is 11.6 Å². The van der Waals surface area contributed by atoms with Crippen LogP contribution in [0, 0.1) is 5.82 Å². The number of rotatable bonds is 3. The molecule has 0 fully saturated rings. The van der Waals surface area contributed by atoms with Crippen molar-refractivity contribution in [2.75, 3.05) is 0 Å². The molecule has 0 atom stereocenters. The Morgan fingerprint density at radius 3 is 2.57 bits per heavy atom. The third-order valence-electron chi connectivity index (χ3n) is 1.65. The van der Waals surface area contributed by atoms with E-state index in [1.807, 2.05) is 0 Å². The van der Waals surface area contributed by atoms with Crippen molar-refractivity contribution in [1.82, 2.24) is 0 Å². The number of halogens is 2. The first-order valence-corrected chi connectivity index (χ1v) is 4.37. The first-order chi connectivity index (χ1) is 6.52. The molecule has 0 aliphatic carbocycles. The summed E-state index contributed by atoms with van der Waals surface area (Å²) in [5, 5.41) is 0.0382. The van der Waals surface area contributed by atoms with Crippen LogP contribution in [0.4, 0.5) is 4.39 Å². The molecule has 0 spiro atoms. The summed E-state index contributed by atoms with van der Waals surface area (Å²) in [4.78, 5) is 22.0. The molecule has 4 heteroatoms. The highest BCUT2D eigenvalue weighted by atomic mass is 35.5. The highest BCUT2D eigenvalue weighted by Gasteiger charge is 2.16. The molecule has 2 nitrogen and oxygen atoms in total. The summed E-state index contributed by atoms with van der Waals surface area (Å²) in [6.07, 6.45) is -0.319. The van der Waals surface area contributed by atoms with Gasteiger partial charge in [0, 0.05) is 0 Å². The first-order valence-electron chi connectivity index (χ1n) is 3.99. The fourth-order valence-electron chi connectivity index (χ4n) is 1.08. The predicted molar refractivity (Wildman–Crippen MR) is 51.0 cm³/mol. The minimum atomic E-state index is -0.691. The van der Waals surface area contributed by atoms with E-state index in [2.05, 4.69) is 0 Å². The largest absolute Gasteiger partial charge is 0.300 e. The molecule has 0 aliphatic rings. The summed E-state index contributed by atoms with van der Waals surface area (Å²) < 4.78 is 13.1. The van der Waals surface area contributed by atoms with Crippen molar-refractivity contribution >= 4 is 23.2 Å². The fraction of sp³-hybridized carbons (Fsp3) is 0.200. The van der Waals surface area contributed by atoms with Crippen molar-refractivity contribution in [1.29, 1.82) is 0 Å². The SMILES string of the molecule is CC(=O)CC(=O)c1c(F)cccc1Cl. The van der Waals surface area contributed by atoms with Gasteiger partial charge in [-0.1, -0.05) is 17.7 Å². The number of hydrogen-bond donors (Lipinski definition) is 0. The molecule has 0 radical (unpaired) electrons. The number of ketones is 2. The zero-order valence-electron chi connectivity index (χ0n) is 7.51. The van der Waals surface area contributed by atoms with Crippen molar-refractivity contribution in [3.05, 3.63) is 34.6 Å². The van der Waals surface area contributed by atoms with E-state index in [4.69, 9.17) is 11.6 Å². The average Bonchev–Trinajstić information content (AvgIpc) is 2.01. The molecule has 0 bridgehead atoms. The van der Waals surface area contributed by atoms with Gasteiger partial charge in [0.1, 0.15) is 11.6 Å². The van der Waals surface area contributed by atoms with Crippen LogP contribution in [0.5, 0.6) is 0 Å². The van der Waals surface area contributed by atoms with E-state index in [0.717, 1.165) is 6.07 Å².